The van der Waals surface area contributed by atoms with E-state index in [2.05, 4.69) is 51.3 Å². The van der Waals surface area contributed by atoms with Gasteiger partial charge < -0.3 is 4.57 Å². The Balaban J connectivity index is 1.67. The van der Waals surface area contributed by atoms with E-state index in [0.29, 0.717) is 15.8 Å². The molecule has 0 aliphatic carbocycles. The van der Waals surface area contributed by atoms with Crippen LogP contribution in [0.25, 0.3) is 21.5 Å². The molecule has 7 heteroatoms. The van der Waals surface area contributed by atoms with Gasteiger partial charge in [-0.2, -0.15) is 0 Å². The number of fused-ring (bicyclic) bond motifs is 1. The third-order valence-electron chi connectivity index (χ3n) is 4.16. The lowest BCUT2D eigenvalue weighted by atomic mass is 10.1. The van der Waals surface area contributed by atoms with Gasteiger partial charge in [0.05, 0.1) is 0 Å². The van der Waals surface area contributed by atoms with Crippen LogP contribution in [0.2, 0.25) is 10.0 Å². The number of rotatable bonds is 5. The van der Waals surface area contributed by atoms with Crippen LogP contribution in [0.1, 0.15) is 12.5 Å². The minimum absolute atomic E-state index is 0.654. The first kappa shape index (κ1) is 17.9. The third-order valence-corrected chi connectivity index (χ3v) is 6.83. The van der Waals surface area contributed by atoms with Gasteiger partial charge in [0.25, 0.3) is 0 Å². The summed E-state index contributed by atoms with van der Waals surface area (Å²) in [5, 5.41) is 14.5. The molecule has 0 amide bonds. The van der Waals surface area contributed by atoms with Gasteiger partial charge in [0.15, 0.2) is 11.0 Å². The lowest BCUT2D eigenvalue weighted by Crippen LogP contribution is -1.99. The first-order valence-corrected chi connectivity index (χ1v) is 10.8. The summed E-state index contributed by atoms with van der Waals surface area (Å²) < 4.78 is 3.40. The number of hydrogen-bond donors (Lipinski definition) is 0. The van der Waals surface area contributed by atoms with E-state index >= 15 is 0 Å². The van der Waals surface area contributed by atoms with Crippen molar-refractivity contribution in [2.24, 2.45) is 0 Å². The Labute approximate surface area is 170 Å². The topological polar surface area (TPSA) is 30.7 Å². The van der Waals surface area contributed by atoms with Gasteiger partial charge in [-0.3, -0.25) is 0 Å². The molecule has 4 aromatic rings. The highest BCUT2D eigenvalue weighted by molar-refractivity contribution is 7.98. The van der Waals surface area contributed by atoms with Crippen molar-refractivity contribution in [2.75, 3.05) is 0 Å². The second-order valence-electron chi connectivity index (χ2n) is 5.68. The molecule has 132 valence electrons. The molecule has 0 radical (unpaired) electrons. The van der Waals surface area contributed by atoms with E-state index in [1.165, 1.54) is 10.1 Å². The number of benzene rings is 2. The van der Waals surface area contributed by atoms with Crippen molar-refractivity contribution < 1.29 is 0 Å². The largest absolute Gasteiger partial charge is 0.302 e. The van der Waals surface area contributed by atoms with Crippen molar-refractivity contribution in [2.45, 2.75) is 24.4 Å². The van der Waals surface area contributed by atoms with Gasteiger partial charge in [-0.1, -0.05) is 59.2 Å². The zero-order chi connectivity index (χ0) is 18.1. The van der Waals surface area contributed by atoms with Crippen molar-refractivity contribution >= 4 is 56.4 Å². The summed E-state index contributed by atoms with van der Waals surface area (Å²) in [6.07, 6.45) is 0. The van der Waals surface area contributed by atoms with Crippen LogP contribution in [0.5, 0.6) is 0 Å². The lowest BCUT2D eigenvalue weighted by molar-refractivity contribution is 0.687. The van der Waals surface area contributed by atoms with Gasteiger partial charge in [-0.05, 0) is 30.7 Å². The monoisotopic (exact) mass is 419 g/mol. The van der Waals surface area contributed by atoms with E-state index in [0.717, 1.165) is 28.7 Å². The van der Waals surface area contributed by atoms with Crippen molar-refractivity contribution in [3.05, 3.63) is 63.5 Å². The molecule has 0 fully saturated rings. The van der Waals surface area contributed by atoms with E-state index in [9.17, 15) is 0 Å². The van der Waals surface area contributed by atoms with Crippen LogP contribution >= 0.6 is 46.3 Å². The van der Waals surface area contributed by atoms with Gasteiger partial charge in [0, 0.05) is 43.4 Å². The van der Waals surface area contributed by atoms with Gasteiger partial charge in [0.2, 0.25) is 0 Å². The highest BCUT2D eigenvalue weighted by atomic mass is 35.5. The first-order chi connectivity index (χ1) is 12.7. The van der Waals surface area contributed by atoms with Crippen LogP contribution in [0, 0.1) is 0 Å². The summed E-state index contributed by atoms with van der Waals surface area (Å²) in [4.78, 5) is 0. The quantitative estimate of drug-likeness (QED) is 0.334. The van der Waals surface area contributed by atoms with Crippen LogP contribution in [0.3, 0.4) is 0 Å². The third kappa shape index (κ3) is 3.25. The molecule has 0 aliphatic rings. The summed E-state index contributed by atoms with van der Waals surface area (Å²) in [5.74, 6) is 1.55. The van der Waals surface area contributed by atoms with Crippen LogP contribution < -0.4 is 0 Å². The highest BCUT2D eigenvalue weighted by Crippen LogP contribution is 2.36. The van der Waals surface area contributed by atoms with E-state index in [-0.39, 0.29) is 0 Å². The molecule has 2 heterocycles. The second kappa shape index (κ2) is 7.61. The number of hydrogen-bond acceptors (Lipinski definition) is 4. The Morgan fingerprint density at radius 2 is 1.81 bits per heavy atom. The number of thioether (sulfide) groups is 1. The van der Waals surface area contributed by atoms with Crippen molar-refractivity contribution in [3.8, 4) is 11.4 Å². The minimum Gasteiger partial charge on any atom is -0.302 e. The summed E-state index contributed by atoms with van der Waals surface area (Å²) in [6, 6.07) is 13.9. The standard InChI is InChI=1S/C19H15Cl2N3S2/c1-2-24-18(13-10-25-17-9-4-3-6-12(13)17)22-23-19(24)26-11-14-15(20)7-5-8-16(14)21/h3-10H,2,11H2,1H3. The second-order valence-corrected chi connectivity index (χ2v) is 8.35. The summed E-state index contributed by atoms with van der Waals surface area (Å²) in [5.41, 5.74) is 2.05. The van der Waals surface area contributed by atoms with Crippen molar-refractivity contribution in [1.29, 1.82) is 0 Å². The number of nitrogens with zero attached hydrogens (tertiary/aromatic N) is 3. The van der Waals surface area contributed by atoms with Crippen molar-refractivity contribution in [3.63, 3.8) is 0 Å². The van der Waals surface area contributed by atoms with Crippen molar-refractivity contribution in [1.82, 2.24) is 14.8 Å². The fourth-order valence-electron chi connectivity index (χ4n) is 2.84. The van der Waals surface area contributed by atoms with Crippen LogP contribution in [0.15, 0.2) is 53.0 Å². The van der Waals surface area contributed by atoms with Gasteiger partial charge in [0.1, 0.15) is 0 Å². The molecule has 0 saturated heterocycles. The average molecular weight is 420 g/mol. The summed E-state index contributed by atoms with van der Waals surface area (Å²) >= 11 is 15.9. The molecule has 4 rings (SSSR count). The fraction of sp³-hybridized carbons (Fsp3) is 0.158. The van der Waals surface area contributed by atoms with Gasteiger partial charge in [-0.15, -0.1) is 21.5 Å². The zero-order valence-corrected chi connectivity index (χ0v) is 17.1. The molecule has 0 bridgehead atoms. The van der Waals surface area contributed by atoms with E-state index in [4.69, 9.17) is 23.2 Å². The Bertz CT molecular complexity index is 1050. The molecule has 0 aliphatic heterocycles. The van der Waals surface area contributed by atoms with Crippen LogP contribution in [0.4, 0.5) is 0 Å². The molecule has 0 spiro atoms. The van der Waals surface area contributed by atoms with Crippen LogP contribution in [-0.2, 0) is 12.3 Å². The Morgan fingerprint density at radius 3 is 2.58 bits per heavy atom. The fourth-order valence-corrected chi connectivity index (χ4v) is 5.52. The molecule has 2 aromatic carbocycles. The maximum Gasteiger partial charge on any atom is 0.191 e. The Kier molecular flexibility index (Phi) is 5.23. The smallest absolute Gasteiger partial charge is 0.191 e. The molecule has 0 unspecified atom stereocenters. The molecule has 3 nitrogen and oxygen atoms in total. The molecule has 26 heavy (non-hydrogen) atoms. The predicted molar refractivity (Wildman–Crippen MR) is 113 cm³/mol. The highest BCUT2D eigenvalue weighted by Gasteiger charge is 2.17. The van der Waals surface area contributed by atoms with Gasteiger partial charge in [-0.25, -0.2) is 0 Å². The SMILES string of the molecule is CCn1c(SCc2c(Cl)cccc2Cl)nnc1-c1csc2ccccc12. The Morgan fingerprint density at radius 1 is 1.04 bits per heavy atom. The molecule has 2 aromatic heterocycles. The summed E-state index contributed by atoms with van der Waals surface area (Å²) in [6.45, 7) is 2.90. The first-order valence-electron chi connectivity index (χ1n) is 8.14. The van der Waals surface area contributed by atoms with E-state index < -0.39 is 0 Å². The minimum atomic E-state index is 0.654. The van der Waals surface area contributed by atoms with Crippen LogP contribution in [-0.4, -0.2) is 14.8 Å². The molecule has 0 N–H and O–H groups in total. The van der Waals surface area contributed by atoms with E-state index in [1.807, 2.05) is 18.2 Å². The molecule has 0 saturated carbocycles. The summed E-state index contributed by atoms with van der Waals surface area (Å²) in [7, 11) is 0. The molecular formula is C19H15Cl2N3S2. The number of halogens is 2. The number of thiophene rings is 1. The maximum absolute atomic E-state index is 6.28. The molecule has 0 atom stereocenters. The zero-order valence-electron chi connectivity index (χ0n) is 13.9. The maximum atomic E-state index is 6.28. The normalized spacial score (nSPS) is 11.3. The van der Waals surface area contributed by atoms with Gasteiger partial charge >= 0.3 is 0 Å². The predicted octanol–water partition coefficient (Wildman–Crippen LogP) is 6.78. The Hall–Kier alpha value is -1.53. The number of aromatic nitrogens is 3. The lowest BCUT2D eigenvalue weighted by Gasteiger charge is -2.08. The average Bonchev–Trinajstić information content (AvgIpc) is 3.24. The van der Waals surface area contributed by atoms with E-state index in [1.54, 1.807) is 23.1 Å². The molecular weight excluding hydrogens is 405 g/mol.